The zero-order chi connectivity index (χ0) is 11.4. The Labute approximate surface area is 94.9 Å². The maximum Gasteiger partial charge on any atom is 0.235 e. The molecule has 0 aliphatic carbocycles. The summed E-state index contributed by atoms with van der Waals surface area (Å²) >= 11 is 0. The van der Waals surface area contributed by atoms with Gasteiger partial charge in [-0.2, -0.15) is 0 Å². The third-order valence-corrected chi connectivity index (χ3v) is 2.40. The smallest absolute Gasteiger partial charge is 0.235 e. The first-order valence-corrected chi connectivity index (χ1v) is 5.38. The number of nitrogens with zero attached hydrogens (tertiary/aromatic N) is 3. The van der Waals surface area contributed by atoms with Gasteiger partial charge in [0, 0.05) is 19.2 Å². The Bertz CT molecular complexity index is 439. The highest BCUT2D eigenvalue weighted by molar-refractivity contribution is 5.45. The third-order valence-electron chi connectivity index (χ3n) is 2.40. The molecule has 0 amide bonds. The topological polar surface area (TPSA) is 42.2 Å². The third kappa shape index (κ3) is 2.39. The molecule has 0 saturated heterocycles. The molecule has 0 atom stereocenters. The Morgan fingerprint density at radius 2 is 1.94 bits per heavy atom. The van der Waals surface area contributed by atoms with Crippen molar-refractivity contribution < 1.29 is 4.42 Å². The van der Waals surface area contributed by atoms with E-state index < -0.39 is 0 Å². The lowest BCUT2D eigenvalue weighted by Crippen LogP contribution is -2.22. The van der Waals surface area contributed by atoms with Crippen molar-refractivity contribution in [1.82, 2.24) is 10.2 Å². The van der Waals surface area contributed by atoms with Gasteiger partial charge >= 0.3 is 0 Å². The van der Waals surface area contributed by atoms with Gasteiger partial charge in [0.05, 0.1) is 6.54 Å². The molecule has 0 N–H and O–H groups in total. The van der Waals surface area contributed by atoms with Gasteiger partial charge in [0.25, 0.3) is 0 Å². The highest BCUT2D eigenvalue weighted by Gasteiger charge is 2.09. The zero-order valence-electron chi connectivity index (χ0n) is 9.55. The van der Waals surface area contributed by atoms with E-state index in [9.17, 15) is 0 Å². The Hall–Kier alpha value is -1.84. The van der Waals surface area contributed by atoms with E-state index in [1.165, 1.54) is 5.69 Å². The average molecular weight is 217 g/mol. The van der Waals surface area contributed by atoms with Crippen LogP contribution in [0.3, 0.4) is 0 Å². The van der Waals surface area contributed by atoms with E-state index in [0.717, 1.165) is 6.54 Å². The Kier molecular flexibility index (Phi) is 3.19. The van der Waals surface area contributed by atoms with Gasteiger partial charge in [0.1, 0.15) is 0 Å². The van der Waals surface area contributed by atoms with Crippen molar-refractivity contribution in [2.24, 2.45) is 0 Å². The summed E-state index contributed by atoms with van der Waals surface area (Å²) in [6.45, 7) is 5.47. The number of anilines is 1. The van der Waals surface area contributed by atoms with Gasteiger partial charge in [-0.1, -0.05) is 18.2 Å². The summed E-state index contributed by atoms with van der Waals surface area (Å²) < 4.78 is 5.37. The SMILES string of the molecule is CCN(Cc1nnc(C)o1)c1ccccc1. The van der Waals surface area contributed by atoms with Crippen LogP contribution in [0.2, 0.25) is 0 Å². The van der Waals surface area contributed by atoms with Crippen molar-refractivity contribution in [2.45, 2.75) is 20.4 Å². The van der Waals surface area contributed by atoms with Crippen LogP contribution in [0.4, 0.5) is 5.69 Å². The summed E-state index contributed by atoms with van der Waals surface area (Å²) in [4.78, 5) is 2.19. The predicted molar refractivity (Wildman–Crippen MR) is 62.2 cm³/mol. The highest BCUT2D eigenvalue weighted by atomic mass is 16.4. The standard InChI is InChI=1S/C12H15N3O/c1-3-15(11-7-5-4-6-8-11)9-12-14-13-10(2)16-12/h4-8H,3,9H2,1-2H3. The molecule has 0 fully saturated rings. The summed E-state index contributed by atoms with van der Waals surface area (Å²) in [5.41, 5.74) is 1.17. The fraction of sp³-hybridized carbons (Fsp3) is 0.333. The van der Waals surface area contributed by atoms with Gasteiger partial charge in [-0.3, -0.25) is 0 Å². The minimum Gasteiger partial charge on any atom is -0.424 e. The molecule has 0 unspecified atom stereocenters. The van der Waals surface area contributed by atoms with E-state index >= 15 is 0 Å². The number of aryl methyl sites for hydroxylation is 1. The van der Waals surface area contributed by atoms with Crippen LogP contribution in [0.15, 0.2) is 34.7 Å². The Morgan fingerprint density at radius 3 is 2.50 bits per heavy atom. The van der Waals surface area contributed by atoms with Crippen LogP contribution in [0.1, 0.15) is 18.7 Å². The van der Waals surface area contributed by atoms with Crippen LogP contribution >= 0.6 is 0 Å². The number of aromatic nitrogens is 2. The van der Waals surface area contributed by atoms with Gasteiger partial charge in [-0.05, 0) is 19.1 Å². The molecule has 0 aliphatic rings. The first kappa shape index (κ1) is 10.7. The predicted octanol–water partition coefficient (Wildman–Crippen LogP) is 2.40. The largest absolute Gasteiger partial charge is 0.424 e. The molecule has 0 saturated carbocycles. The molecule has 0 aliphatic heterocycles. The second-order valence-corrected chi connectivity index (χ2v) is 3.56. The molecule has 4 heteroatoms. The lowest BCUT2D eigenvalue weighted by molar-refractivity contribution is 0.463. The van der Waals surface area contributed by atoms with Crippen molar-refractivity contribution in [2.75, 3.05) is 11.4 Å². The lowest BCUT2D eigenvalue weighted by Gasteiger charge is -2.20. The lowest BCUT2D eigenvalue weighted by atomic mass is 10.3. The van der Waals surface area contributed by atoms with Gasteiger partial charge in [0.2, 0.25) is 11.8 Å². The van der Waals surface area contributed by atoms with E-state index in [1.807, 2.05) is 18.2 Å². The van der Waals surface area contributed by atoms with E-state index in [1.54, 1.807) is 6.92 Å². The highest BCUT2D eigenvalue weighted by Crippen LogP contribution is 2.15. The Morgan fingerprint density at radius 1 is 1.19 bits per heavy atom. The van der Waals surface area contributed by atoms with Crippen LogP contribution in [0, 0.1) is 6.92 Å². The van der Waals surface area contributed by atoms with Crippen LogP contribution in [0.5, 0.6) is 0 Å². The molecule has 2 rings (SSSR count). The van der Waals surface area contributed by atoms with Gasteiger partial charge in [-0.15, -0.1) is 10.2 Å². The van der Waals surface area contributed by atoms with Crippen molar-refractivity contribution >= 4 is 5.69 Å². The van der Waals surface area contributed by atoms with Gasteiger partial charge < -0.3 is 9.32 Å². The molecule has 16 heavy (non-hydrogen) atoms. The number of benzene rings is 1. The number of hydrogen-bond acceptors (Lipinski definition) is 4. The summed E-state index contributed by atoms with van der Waals surface area (Å²) in [5.74, 6) is 1.27. The van der Waals surface area contributed by atoms with Crippen molar-refractivity contribution in [3.63, 3.8) is 0 Å². The first-order chi connectivity index (χ1) is 7.79. The minimum absolute atomic E-state index is 0.610. The van der Waals surface area contributed by atoms with E-state index in [2.05, 4.69) is 34.2 Å². The van der Waals surface area contributed by atoms with Crippen LogP contribution in [-0.2, 0) is 6.54 Å². The molecule has 0 bridgehead atoms. The van der Waals surface area contributed by atoms with Crippen LogP contribution in [-0.4, -0.2) is 16.7 Å². The monoisotopic (exact) mass is 217 g/mol. The molecule has 1 aromatic heterocycles. The Balaban J connectivity index is 2.12. The fourth-order valence-electron chi connectivity index (χ4n) is 1.59. The summed E-state index contributed by atoms with van der Waals surface area (Å²) in [5, 5.41) is 7.83. The average Bonchev–Trinajstić information content (AvgIpc) is 2.73. The van der Waals surface area contributed by atoms with Crippen LogP contribution in [0.25, 0.3) is 0 Å². The molecule has 4 nitrogen and oxygen atoms in total. The first-order valence-electron chi connectivity index (χ1n) is 5.38. The van der Waals surface area contributed by atoms with Crippen LogP contribution < -0.4 is 4.90 Å². The van der Waals surface area contributed by atoms with Crippen molar-refractivity contribution in [3.8, 4) is 0 Å². The maximum atomic E-state index is 5.37. The quantitative estimate of drug-likeness (QED) is 0.788. The summed E-state index contributed by atoms with van der Waals surface area (Å²) in [6, 6.07) is 10.2. The zero-order valence-corrected chi connectivity index (χ0v) is 9.55. The molecule has 84 valence electrons. The molecule has 1 aromatic carbocycles. The normalized spacial score (nSPS) is 10.4. The van der Waals surface area contributed by atoms with E-state index in [4.69, 9.17) is 4.42 Å². The maximum absolute atomic E-state index is 5.37. The summed E-state index contributed by atoms with van der Waals surface area (Å²) in [6.07, 6.45) is 0. The molecule has 1 heterocycles. The number of hydrogen-bond donors (Lipinski definition) is 0. The number of para-hydroxylation sites is 1. The minimum atomic E-state index is 0.610. The number of rotatable bonds is 4. The second kappa shape index (κ2) is 4.79. The van der Waals surface area contributed by atoms with E-state index in [0.29, 0.717) is 18.3 Å². The van der Waals surface area contributed by atoms with Crippen molar-refractivity contribution in [3.05, 3.63) is 42.1 Å². The molecular weight excluding hydrogens is 202 g/mol. The molecular formula is C12H15N3O. The van der Waals surface area contributed by atoms with Gasteiger partial charge in [-0.25, -0.2) is 0 Å². The van der Waals surface area contributed by atoms with Crippen molar-refractivity contribution in [1.29, 1.82) is 0 Å². The van der Waals surface area contributed by atoms with E-state index in [-0.39, 0.29) is 0 Å². The fourth-order valence-corrected chi connectivity index (χ4v) is 1.59. The molecule has 0 spiro atoms. The second-order valence-electron chi connectivity index (χ2n) is 3.56. The summed E-state index contributed by atoms with van der Waals surface area (Å²) in [7, 11) is 0. The van der Waals surface area contributed by atoms with Gasteiger partial charge in [0.15, 0.2) is 0 Å². The molecule has 2 aromatic rings. The molecule has 0 radical (unpaired) electrons.